The fraction of sp³-hybridized carbons (Fsp3) is 0.529. The highest BCUT2D eigenvalue weighted by atomic mass is 16.4. The smallest absolute Gasteiger partial charge is 0.326 e. The molecule has 4 nitrogen and oxygen atoms in total. The highest BCUT2D eigenvalue weighted by Crippen LogP contribution is 2.25. The van der Waals surface area contributed by atoms with Crippen molar-refractivity contribution in [1.29, 1.82) is 0 Å². The van der Waals surface area contributed by atoms with Gasteiger partial charge in [0, 0.05) is 12.1 Å². The van der Waals surface area contributed by atoms with Crippen LogP contribution < -0.4 is 0 Å². The number of aryl methyl sites for hydroxylation is 2. The molecule has 1 aliphatic carbocycles. The first-order chi connectivity index (χ1) is 10.2. The van der Waals surface area contributed by atoms with Crippen LogP contribution in [-0.2, 0) is 17.6 Å². The lowest BCUT2D eigenvalue weighted by atomic mass is 9.90. The third kappa shape index (κ3) is 2.80. The predicted molar refractivity (Wildman–Crippen MR) is 79.4 cm³/mol. The van der Waals surface area contributed by atoms with Gasteiger partial charge in [-0.1, -0.05) is 6.07 Å². The summed E-state index contributed by atoms with van der Waals surface area (Å²) in [5, 5.41) is 9.30. The minimum absolute atomic E-state index is 0.129. The second-order valence-corrected chi connectivity index (χ2v) is 6.04. The number of benzene rings is 1. The van der Waals surface area contributed by atoms with Gasteiger partial charge in [-0.3, -0.25) is 4.79 Å². The predicted octanol–water partition coefficient (Wildman–Crippen LogP) is 2.64. The maximum Gasteiger partial charge on any atom is 0.326 e. The lowest BCUT2D eigenvalue weighted by Gasteiger charge is -2.33. The van der Waals surface area contributed by atoms with E-state index in [0.29, 0.717) is 18.5 Å². The average Bonchev–Trinajstić information content (AvgIpc) is 2.53. The quantitative estimate of drug-likeness (QED) is 0.909. The minimum atomic E-state index is -0.888. The number of hydrogen-bond acceptors (Lipinski definition) is 2. The Morgan fingerprint density at radius 3 is 2.57 bits per heavy atom. The van der Waals surface area contributed by atoms with E-state index in [0.717, 1.165) is 25.7 Å². The topological polar surface area (TPSA) is 57.6 Å². The maximum atomic E-state index is 12.7. The van der Waals surface area contributed by atoms with Crippen LogP contribution >= 0.6 is 0 Å². The largest absolute Gasteiger partial charge is 0.480 e. The fourth-order valence-electron chi connectivity index (χ4n) is 3.46. The van der Waals surface area contributed by atoms with Gasteiger partial charge in [-0.2, -0.15) is 0 Å². The SMILES string of the molecule is O=C(O)[C@H]1CCCCN1C(=O)c1ccc2c(c1)CCCC2. The monoisotopic (exact) mass is 287 g/mol. The number of carbonyl (C=O) groups excluding carboxylic acids is 1. The summed E-state index contributed by atoms with van der Waals surface area (Å²) in [4.78, 5) is 25.5. The summed E-state index contributed by atoms with van der Waals surface area (Å²) in [7, 11) is 0. The van der Waals surface area contributed by atoms with E-state index >= 15 is 0 Å². The van der Waals surface area contributed by atoms with Gasteiger partial charge in [0.2, 0.25) is 0 Å². The molecule has 0 saturated carbocycles. The van der Waals surface area contributed by atoms with Crippen molar-refractivity contribution < 1.29 is 14.7 Å². The molecule has 0 radical (unpaired) electrons. The molecule has 0 spiro atoms. The Morgan fingerprint density at radius 1 is 1.05 bits per heavy atom. The van der Waals surface area contributed by atoms with E-state index in [-0.39, 0.29) is 5.91 Å². The Hall–Kier alpha value is -1.84. The maximum absolute atomic E-state index is 12.7. The molecule has 1 saturated heterocycles. The molecule has 1 amide bonds. The van der Waals surface area contributed by atoms with Crippen molar-refractivity contribution in [2.45, 2.75) is 51.0 Å². The molecule has 1 aromatic carbocycles. The third-order valence-corrected chi connectivity index (χ3v) is 4.64. The summed E-state index contributed by atoms with van der Waals surface area (Å²) in [6.07, 6.45) is 6.83. The Kier molecular flexibility index (Phi) is 3.95. The summed E-state index contributed by atoms with van der Waals surface area (Å²) < 4.78 is 0. The number of hydrogen-bond donors (Lipinski definition) is 1. The summed E-state index contributed by atoms with van der Waals surface area (Å²) in [6.45, 7) is 0.548. The van der Waals surface area contributed by atoms with E-state index in [1.54, 1.807) is 0 Å². The molecule has 0 aromatic heterocycles. The van der Waals surface area contributed by atoms with E-state index in [1.807, 2.05) is 18.2 Å². The van der Waals surface area contributed by atoms with E-state index in [9.17, 15) is 14.7 Å². The lowest BCUT2D eigenvalue weighted by Crippen LogP contribution is -2.48. The summed E-state index contributed by atoms with van der Waals surface area (Å²) in [5.74, 6) is -1.02. The molecule has 1 N–H and O–H groups in total. The molecule has 112 valence electrons. The second kappa shape index (κ2) is 5.88. The van der Waals surface area contributed by atoms with Crippen LogP contribution in [-0.4, -0.2) is 34.5 Å². The molecule has 0 bridgehead atoms. The number of amides is 1. The van der Waals surface area contributed by atoms with Crippen LogP contribution in [0.15, 0.2) is 18.2 Å². The third-order valence-electron chi connectivity index (χ3n) is 4.64. The first-order valence-corrected chi connectivity index (χ1v) is 7.82. The van der Waals surface area contributed by atoms with Crippen molar-refractivity contribution in [2.75, 3.05) is 6.54 Å². The van der Waals surface area contributed by atoms with Gasteiger partial charge in [0.25, 0.3) is 5.91 Å². The fourth-order valence-corrected chi connectivity index (χ4v) is 3.46. The van der Waals surface area contributed by atoms with Crippen molar-refractivity contribution in [2.24, 2.45) is 0 Å². The minimum Gasteiger partial charge on any atom is -0.480 e. The van der Waals surface area contributed by atoms with Gasteiger partial charge in [0.05, 0.1) is 0 Å². The standard InChI is InChI=1S/C17H21NO3/c19-16(18-10-4-3-7-15(18)17(20)21)14-9-8-12-5-1-2-6-13(12)11-14/h8-9,11,15H,1-7,10H2,(H,20,21)/t15-/m1/s1. The van der Waals surface area contributed by atoms with Gasteiger partial charge < -0.3 is 10.0 Å². The van der Waals surface area contributed by atoms with Crippen LogP contribution in [0, 0.1) is 0 Å². The van der Waals surface area contributed by atoms with Crippen molar-refractivity contribution in [3.8, 4) is 0 Å². The normalized spacial score (nSPS) is 21.7. The molecular formula is C17H21NO3. The molecule has 1 atom stereocenters. The molecule has 0 unspecified atom stereocenters. The first-order valence-electron chi connectivity index (χ1n) is 7.82. The van der Waals surface area contributed by atoms with Crippen molar-refractivity contribution in [3.63, 3.8) is 0 Å². The van der Waals surface area contributed by atoms with Crippen LogP contribution in [0.3, 0.4) is 0 Å². The summed E-state index contributed by atoms with van der Waals surface area (Å²) in [6, 6.07) is 5.22. The Labute approximate surface area is 124 Å². The number of aliphatic carboxylic acids is 1. The van der Waals surface area contributed by atoms with E-state index < -0.39 is 12.0 Å². The number of piperidine rings is 1. The molecule has 21 heavy (non-hydrogen) atoms. The van der Waals surface area contributed by atoms with Gasteiger partial charge in [-0.05, 0) is 68.2 Å². The molecular weight excluding hydrogens is 266 g/mol. The molecule has 2 aliphatic rings. The number of carbonyl (C=O) groups is 2. The highest BCUT2D eigenvalue weighted by Gasteiger charge is 2.32. The Bertz CT molecular complexity index is 567. The molecule has 1 aromatic rings. The molecule has 1 heterocycles. The number of nitrogens with zero attached hydrogens (tertiary/aromatic N) is 1. The zero-order valence-corrected chi connectivity index (χ0v) is 12.2. The molecule has 3 rings (SSSR count). The Morgan fingerprint density at radius 2 is 1.81 bits per heavy atom. The van der Waals surface area contributed by atoms with Crippen molar-refractivity contribution in [1.82, 2.24) is 4.90 Å². The number of fused-ring (bicyclic) bond motifs is 1. The van der Waals surface area contributed by atoms with E-state index in [2.05, 4.69) is 0 Å². The molecule has 1 aliphatic heterocycles. The van der Waals surface area contributed by atoms with Crippen LogP contribution in [0.2, 0.25) is 0 Å². The number of likely N-dealkylation sites (tertiary alicyclic amines) is 1. The van der Waals surface area contributed by atoms with Gasteiger partial charge >= 0.3 is 5.97 Å². The van der Waals surface area contributed by atoms with Gasteiger partial charge in [-0.25, -0.2) is 4.79 Å². The zero-order valence-electron chi connectivity index (χ0n) is 12.2. The number of carboxylic acids is 1. The molecule has 4 heteroatoms. The average molecular weight is 287 g/mol. The van der Waals surface area contributed by atoms with Crippen molar-refractivity contribution in [3.05, 3.63) is 34.9 Å². The summed E-state index contributed by atoms with van der Waals surface area (Å²) in [5.41, 5.74) is 3.24. The van der Waals surface area contributed by atoms with Crippen molar-refractivity contribution >= 4 is 11.9 Å². The Balaban J connectivity index is 1.85. The van der Waals surface area contributed by atoms with Gasteiger partial charge in [-0.15, -0.1) is 0 Å². The van der Waals surface area contributed by atoms with Crippen LogP contribution in [0.5, 0.6) is 0 Å². The number of carboxylic acid groups (broad SMARTS) is 1. The van der Waals surface area contributed by atoms with E-state index in [1.165, 1.54) is 28.9 Å². The first kappa shape index (κ1) is 14.1. The zero-order chi connectivity index (χ0) is 14.8. The highest BCUT2D eigenvalue weighted by molar-refractivity contribution is 5.97. The van der Waals surface area contributed by atoms with Gasteiger partial charge in [0.1, 0.15) is 6.04 Å². The second-order valence-electron chi connectivity index (χ2n) is 6.04. The van der Waals surface area contributed by atoms with Crippen LogP contribution in [0.1, 0.15) is 53.6 Å². The van der Waals surface area contributed by atoms with E-state index in [4.69, 9.17) is 0 Å². The number of rotatable bonds is 2. The van der Waals surface area contributed by atoms with Gasteiger partial charge in [0.15, 0.2) is 0 Å². The summed E-state index contributed by atoms with van der Waals surface area (Å²) >= 11 is 0. The van der Waals surface area contributed by atoms with Crippen LogP contribution in [0.4, 0.5) is 0 Å². The lowest BCUT2D eigenvalue weighted by molar-refractivity contribution is -0.143. The molecule has 1 fully saturated rings. The van der Waals surface area contributed by atoms with Crippen LogP contribution in [0.25, 0.3) is 0 Å².